The molecule has 1 amide bonds. The highest BCUT2D eigenvalue weighted by molar-refractivity contribution is 5.82. The summed E-state index contributed by atoms with van der Waals surface area (Å²) in [5.41, 5.74) is 13.1. The predicted molar refractivity (Wildman–Crippen MR) is 136 cm³/mol. The highest BCUT2D eigenvalue weighted by Crippen LogP contribution is 2.54. The van der Waals surface area contributed by atoms with Crippen LogP contribution < -0.4 is 21.7 Å². The lowest BCUT2D eigenvalue weighted by Crippen LogP contribution is -2.56. The molecule has 6 rings (SSSR count). The average Bonchev–Trinajstić information content (AvgIpc) is 3.52. The normalized spacial score (nSPS) is 45.8. The minimum Gasteiger partial charge on any atom is -0.380 e. The zero-order valence-corrected chi connectivity index (χ0v) is 22.9. The number of hydrazine groups is 2. The van der Waals surface area contributed by atoms with Crippen molar-refractivity contribution in [3.8, 4) is 0 Å². The molecule has 2 saturated carbocycles. The molecule has 216 valence electrons. The van der Waals surface area contributed by atoms with Crippen molar-refractivity contribution in [1.82, 2.24) is 31.5 Å². The van der Waals surface area contributed by atoms with E-state index >= 15 is 0 Å². The standard InChI is InChI=1S/C27H45F3N6O2/c1-15-24(16(2)33-32-15)17-7-20-21(22(8-17)27(28,29)30)11-36(25(20)37)19-6-4-5-18(9-19)26(12-38-13-26)10-23-34-31-14-35(23)3/h15-24,31-34H,4-14H2,1-3H3. The predicted octanol–water partition coefficient (Wildman–Crippen LogP) is 2.44. The molecular formula is C27H45F3N6O2. The van der Waals surface area contributed by atoms with Gasteiger partial charge in [-0.3, -0.25) is 20.5 Å². The summed E-state index contributed by atoms with van der Waals surface area (Å²) in [6.07, 6.45) is 1.55. The number of halogens is 3. The fourth-order valence-corrected chi connectivity index (χ4v) is 9.16. The highest BCUT2D eigenvalue weighted by Gasteiger charge is 2.60. The monoisotopic (exact) mass is 542 g/mol. The van der Waals surface area contributed by atoms with E-state index in [2.05, 4.69) is 33.7 Å². The molecule has 4 heterocycles. The van der Waals surface area contributed by atoms with Crippen LogP contribution in [-0.4, -0.2) is 79.6 Å². The number of likely N-dealkylation sites (tertiary alicyclic amines) is 1. The Balaban J connectivity index is 1.18. The number of hydrogen-bond donors (Lipinski definition) is 4. The molecule has 4 N–H and O–H groups in total. The van der Waals surface area contributed by atoms with Crippen molar-refractivity contribution in [3.05, 3.63) is 0 Å². The molecule has 0 aromatic rings. The average molecular weight is 543 g/mol. The molecule has 0 spiro atoms. The molecule has 9 unspecified atom stereocenters. The first-order chi connectivity index (χ1) is 18.1. The molecule has 11 heteroatoms. The fraction of sp³-hybridized carbons (Fsp3) is 0.963. The Morgan fingerprint density at radius 1 is 1.05 bits per heavy atom. The van der Waals surface area contributed by atoms with Gasteiger partial charge in [-0.05, 0) is 83.1 Å². The maximum atomic E-state index is 14.4. The lowest BCUT2D eigenvalue weighted by molar-refractivity contribution is -0.206. The summed E-state index contributed by atoms with van der Waals surface area (Å²) in [4.78, 5) is 18.0. The van der Waals surface area contributed by atoms with E-state index in [0.717, 1.165) is 52.0 Å². The number of alkyl halides is 3. The number of amides is 1. The Morgan fingerprint density at radius 3 is 2.39 bits per heavy atom. The van der Waals surface area contributed by atoms with Gasteiger partial charge in [-0.15, -0.1) is 0 Å². The molecule has 4 aliphatic heterocycles. The molecule has 9 atom stereocenters. The molecule has 6 aliphatic rings. The summed E-state index contributed by atoms with van der Waals surface area (Å²) in [5.74, 6) is -2.14. The van der Waals surface area contributed by atoms with Gasteiger partial charge in [-0.25, -0.2) is 10.9 Å². The van der Waals surface area contributed by atoms with Crippen molar-refractivity contribution in [2.24, 2.45) is 40.9 Å². The molecular weight excluding hydrogens is 497 g/mol. The number of fused-ring (bicyclic) bond motifs is 1. The van der Waals surface area contributed by atoms with Crippen LogP contribution in [0.2, 0.25) is 0 Å². The maximum absolute atomic E-state index is 14.4. The van der Waals surface area contributed by atoms with Gasteiger partial charge in [-0.1, -0.05) is 6.42 Å². The quantitative estimate of drug-likeness (QED) is 0.425. The number of rotatable bonds is 5. The second-order valence-electron chi connectivity index (χ2n) is 13.4. The zero-order chi connectivity index (χ0) is 26.8. The third-order valence-electron chi connectivity index (χ3n) is 11.3. The van der Waals surface area contributed by atoms with Crippen LogP contribution in [0.4, 0.5) is 13.2 Å². The van der Waals surface area contributed by atoms with Gasteiger partial charge in [0.25, 0.3) is 0 Å². The Morgan fingerprint density at radius 2 is 1.79 bits per heavy atom. The number of carbonyl (C=O) groups excluding carboxylic acids is 1. The molecule has 38 heavy (non-hydrogen) atoms. The van der Waals surface area contributed by atoms with Crippen molar-refractivity contribution < 1.29 is 22.7 Å². The van der Waals surface area contributed by atoms with Crippen LogP contribution >= 0.6 is 0 Å². The molecule has 0 aromatic heterocycles. The van der Waals surface area contributed by atoms with Crippen molar-refractivity contribution in [2.45, 2.75) is 89.3 Å². The van der Waals surface area contributed by atoms with E-state index in [4.69, 9.17) is 4.74 Å². The molecule has 0 aromatic carbocycles. The first-order valence-corrected chi connectivity index (χ1v) is 14.7. The van der Waals surface area contributed by atoms with Gasteiger partial charge in [0, 0.05) is 36.0 Å². The summed E-state index contributed by atoms with van der Waals surface area (Å²) >= 11 is 0. The lowest BCUT2D eigenvalue weighted by atomic mass is 9.63. The van der Waals surface area contributed by atoms with E-state index in [1.165, 1.54) is 0 Å². The van der Waals surface area contributed by atoms with E-state index in [0.29, 0.717) is 12.3 Å². The van der Waals surface area contributed by atoms with Gasteiger partial charge in [0.1, 0.15) is 0 Å². The molecule has 6 fully saturated rings. The van der Waals surface area contributed by atoms with Crippen LogP contribution in [-0.2, 0) is 9.53 Å². The van der Waals surface area contributed by atoms with Crippen molar-refractivity contribution >= 4 is 5.91 Å². The summed E-state index contributed by atoms with van der Waals surface area (Å²) in [5, 5.41) is 0. The second-order valence-corrected chi connectivity index (χ2v) is 13.4. The molecule has 4 saturated heterocycles. The highest BCUT2D eigenvalue weighted by atomic mass is 19.4. The largest absolute Gasteiger partial charge is 0.392 e. The number of hydrogen-bond acceptors (Lipinski definition) is 7. The van der Waals surface area contributed by atoms with Gasteiger partial charge < -0.3 is 9.64 Å². The van der Waals surface area contributed by atoms with Crippen LogP contribution in [0.1, 0.15) is 58.8 Å². The van der Waals surface area contributed by atoms with Crippen LogP contribution in [0.3, 0.4) is 0 Å². The summed E-state index contributed by atoms with van der Waals surface area (Å²) in [7, 11) is 2.10. The Hall–Kier alpha value is -0.980. The third-order valence-corrected chi connectivity index (χ3v) is 11.3. The number of carbonyl (C=O) groups is 1. The van der Waals surface area contributed by atoms with E-state index in [1.54, 1.807) is 0 Å². The van der Waals surface area contributed by atoms with Gasteiger partial charge in [0.2, 0.25) is 5.91 Å². The van der Waals surface area contributed by atoms with Gasteiger partial charge in [0.05, 0.1) is 32.0 Å². The fourth-order valence-electron chi connectivity index (χ4n) is 9.16. The molecule has 0 radical (unpaired) electrons. The first kappa shape index (κ1) is 27.2. The van der Waals surface area contributed by atoms with Crippen LogP contribution in [0.25, 0.3) is 0 Å². The first-order valence-electron chi connectivity index (χ1n) is 14.7. The van der Waals surface area contributed by atoms with Gasteiger partial charge in [-0.2, -0.15) is 13.2 Å². The van der Waals surface area contributed by atoms with Crippen LogP contribution in [0, 0.1) is 40.9 Å². The van der Waals surface area contributed by atoms with Crippen LogP contribution in [0.15, 0.2) is 0 Å². The van der Waals surface area contributed by atoms with E-state index < -0.39 is 23.9 Å². The van der Waals surface area contributed by atoms with E-state index in [1.807, 2.05) is 18.7 Å². The Labute approximate surface area is 224 Å². The number of ether oxygens (including phenoxy) is 1. The van der Waals surface area contributed by atoms with Gasteiger partial charge in [0.15, 0.2) is 0 Å². The summed E-state index contributed by atoms with van der Waals surface area (Å²) < 4.78 is 49.1. The topological polar surface area (TPSA) is 80.9 Å². The maximum Gasteiger partial charge on any atom is 0.392 e. The second kappa shape index (κ2) is 10.1. The molecule has 2 aliphatic carbocycles. The van der Waals surface area contributed by atoms with Crippen molar-refractivity contribution in [1.29, 1.82) is 0 Å². The minimum atomic E-state index is -4.28. The SMILES string of the molecule is CC1NNC(C)C1C1CC2C(=O)N(C3CCCC(C4(CC5NNCN5C)COC4)C3)CC2C(C(F)(F)F)C1. The minimum absolute atomic E-state index is 0.0147. The smallest absolute Gasteiger partial charge is 0.380 e. The van der Waals surface area contributed by atoms with Crippen LogP contribution in [0.5, 0.6) is 0 Å². The molecule has 0 bridgehead atoms. The molecule has 8 nitrogen and oxygen atoms in total. The summed E-state index contributed by atoms with van der Waals surface area (Å²) in [6, 6.07) is 0.227. The Kier molecular flexibility index (Phi) is 7.26. The Bertz CT molecular complexity index is 877. The van der Waals surface area contributed by atoms with E-state index in [-0.39, 0.29) is 60.4 Å². The van der Waals surface area contributed by atoms with Gasteiger partial charge >= 0.3 is 6.18 Å². The zero-order valence-electron chi connectivity index (χ0n) is 22.9. The van der Waals surface area contributed by atoms with E-state index in [9.17, 15) is 18.0 Å². The van der Waals surface area contributed by atoms with Crippen molar-refractivity contribution in [2.75, 3.05) is 33.5 Å². The third kappa shape index (κ3) is 4.68. The van der Waals surface area contributed by atoms with Crippen molar-refractivity contribution in [3.63, 3.8) is 0 Å². The number of nitrogens with one attached hydrogen (secondary N) is 4. The lowest BCUT2D eigenvalue weighted by Gasteiger charge is -2.52. The number of nitrogens with zero attached hydrogens (tertiary/aromatic N) is 2. The summed E-state index contributed by atoms with van der Waals surface area (Å²) in [6.45, 7) is 6.60.